The Morgan fingerprint density at radius 2 is 2.22 bits per heavy atom. The highest BCUT2D eigenvalue weighted by Gasteiger charge is 2.10. The summed E-state index contributed by atoms with van der Waals surface area (Å²) in [5, 5.41) is 4.02. The van der Waals surface area contributed by atoms with Gasteiger partial charge in [0.25, 0.3) is 0 Å². The fraction of sp³-hybridized carbons (Fsp3) is 0.385. The van der Waals surface area contributed by atoms with Crippen molar-refractivity contribution in [2.75, 3.05) is 5.32 Å². The molecule has 1 aromatic heterocycles. The summed E-state index contributed by atoms with van der Waals surface area (Å²) in [6, 6.07) is 5.30. The molecule has 2 rings (SSSR count). The number of nitrogens with one attached hydrogen (secondary N) is 1. The van der Waals surface area contributed by atoms with Gasteiger partial charge in [0, 0.05) is 18.0 Å². The van der Waals surface area contributed by atoms with E-state index in [-0.39, 0.29) is 11.9 Å². The Morgan fingerprint density at radius 3 is 2.83 bits per heavy atom. The van der Waals surface area contributed by atoms with Crippen LogP contribution in [-0.2, 0) is 6.42 Å². The number of hydrogen-bond acceptors (Lipinski definition) is 4. The van der Waals surface area contributed by atoms with Gasteiger partial charge in [-0.1, -0.05) is 19.1 Å². The van der Waals surface area contributed by atoms with Gasteiger partial charge >= 0.3 is 0 Å². The van der Waals surface area contributed by atoms with Crippen LogP contribution in [0.3, 0.4) is 0 Å². The first-order chi connectivity index (χ1) is 8.60. The van der Waals surface area contributed by atoms with Crippen molar-refractivity contribution in [1.29, 1.82) is 0 Å². The molecule has 1 N–H and O–H groups in total. The summed E-state index contributed by atoms with van der Waals surface area (Å²) in [5.41, 5.74) is 1.57. The molecule has 0 aliphatic carbocycles. The van der Waals surface area contributed by atoms with Crippen molar-refractivity contribution < 1.29 is 4.39 Å². The van der Waals surface area contributed by atoms with E-state index in [9.17, 15) is 4.39 Å². The van der Waals surface area contributed by atoms with E-state index in [1.54, 1.807) is 19.1 Å². The molecule has 1 heterocycles. The van der Waals surface area contributed by atoms with E-state index in [0.29, 0.717) is 5.56 Å². The van der Waals surface area contributed by atoms with Gasteiger partial charge < -0.3 is 5.32 Å². The molecule has 1 atom stereocenters. The highest BCUT2D eigenvalue weighted by atomic mass is 32.1. The first-order valence-electron chi connectivity index (χ1n) is 5.95. The van der Waals surface area contributed by atoms with Crippen molar-refractivity contribution in [2.45, 2.75) is 33.2 Å². The molecule has 0 radical (unpaired) electrons. The zero-order chi connectivity index (χ0) is 13.1. The molecule has 18 heavy (non-hydrogen) atoms. The molecular formula is C13H16FN3S. The molecule has 1 unspecified atom stereocenters. The van der Waals surface area contributed by atoms with E-state index in [2.05, 4.69) is 14.7 Å². The van der Waals surface area contributed by atoms with Crippen LogP contribution in [0, 0.1) is 12.7 Å². The number of halogens is 1. The number of rotatable bonds is 4. The summed E-state index contributed by atoms with van der Waals surface area (Å²) in [4.78, 5) is 4.34. The predicted octanol–water partition coefficient (Wildman–Crippen LogP) is 3.72. The maximum Gasteiger partial charge on any atom is 0.203 e. The number of anilines is 1. The molecule has 0 bridgehead atoms. The van der Waals surface area contributed by atoms with Crippen molar-refractivity contribution in [3.05, 3.63) is 41.0 Å². The van der Waals surface area contributed by atoms with Crippen molar-refractivity contribution in [3.63, 3.8) is 0 Å². The van der Waals surface area contributed by atoms with Crippen LogP contribution in [0.4, 0.5) is 9.52 Å². The fourth-order valence-corrected chi connectivity index (χ4v) is 2.34. The first kappa shape index (κ1) is 13.0. The van der Waals surface area contributed by atoms with E-state index in [0.717, 1.165) is 22.9 Å². The van der Waals surface area contributed by atoms with Crippen LogP contribution in [0.25, 0.3) is 0 Å². The van der Waals surface area contributed by atoms with Crippen molar-refractivity contribution in [3.8, 4) is 0 Å². The number of nitrogens with zero attached hydrogens (tertiary/aromatic N) is 2. The normalized spacial score (nSPS) is 12.4. The summed E-state index contributed by atoms with van der Waals surface area (Å²) < 4.78 is 17.7. The third kappa shape index (κ3) is 2.85. The van der Waals surface area contributed by atoms with Crippen molar-refractivity contribution in [1.82, 2.24) is 9.36 Å². The van der Waals surface area contributed by atoms with Crippen LogP contribution >= 0.6 is 11.5 Å². The van der Waals surface area contributed by atoms with Gasteiger partial charge in [-0.2, -0.15) is 4.37 Å². The van der Waals surface area contributed by atoms with Crippen molar-refractivity contribution in [2.24, 2.45) is 0 Å². The fourth-order valence-electron chi connectivity index (χ4n) is 1.60. The van der Waals surface area contributed by atoms with E-state index in [1.165, 1.54) is 11.5 Å². The second-order valence-corrected chi connectivity index (χ2v) is 5.00. The van der Waals surface area contributed by atoms with Crippen LogP contribution in [0.15, 0.2) is 18.2 Å². The number of hydrogen-bond donors (Lipinski definition) is 1. The molecule has 96 valence electrons. The van der Waals surface area contributed by atoms with Crippen LogP contribution in [0.2, 0.25) is 0 Å². The highest BCUT2D eigenvalue weighted by Crippen LogP contribution is 2.22. The largest absolute Gasteiger partial charge is 0.354 e. The minimum Gasteiger partial charge on any atom is -0.354 e. The Morgan fingerprint density at radius 1 is 1.44 bits per heavy atom. The lowest BCUT2D eigenvalue weighted by Crippen LogP contribution is -2.07. The number of aryl methyl sites for hydroxylation is 2. The summed E-state index contributed by atoms with van der Waals surface area (Å²) in [6.45, 7) is 5.76. The summed E-state index contributed by atoms with van der Waals surface area (Å²) in [5.74, 6) is 0.664. The first-order valence-corrected chi connectivity index (χ1v) is 6.72. The van der Waals surface area contributed by atoms with Gasteiger partial charge in [-0.3, -0.25) is 0 Å². The van der Waals surface area contributed by atoms with Gasteiger partial charge in [0.2, 0.25) is 5.13 Å². The van der Waals surface area contributed by atoms with E-state index < -0.39 is 0 Å². The summed E-state index contributed by atoms with van der Waals surface area (Å²) in [7, 11) is 0. The number of aromatic nitrogens is 2. The third-order valence-electron chi connectivity index (χ3n) is 2.82. The van der Waals surface area contributed by atoms with Gasteiger partial charge in [0.15, 0.2) is 0 Å². The molecule has 3 nitrogen and oxygen atoms in total. The molecule has 0 aliphatic heterocycles. The van der Waals surface area contributed by atoms with E-state index in [4.69, 9.17) is 0 Å². The smallest absolute Gasteiger partial charge is 0.203 e. The molecule has 0 saturated carbocycles. The minimum atomic E-state index is -0.173. The minimum absolute atomic E-state index is 0.0118. The lowest BCUT2D eigenvalue weighted by molar-refractivity contribution is 0.614. The molecule has 0 fully saturated rings. The van der Waals surface area contributed by atoms with E-state index >= 15 is 0 Å². The second-order valence-electron chi connectivity index (χ2n) is 4.24. The topological polar surface area (TPSA) is 37.8 Å². The van der Waals surface area contributed by atoms with Crippen molar-refractivity contribution >= 4 is 16.7 Å². The quantitative estimate of drug-likeness (QED) is 0.915. The van der Waals surface area contributed by atoms with E-state index in [1.807, 2.05) is 19.9 Å². The predicted molar refractivity (Wildman–Crippen MR) is 72.5 cm³/mol. The van der Waals surface area contributed by atoms with Crippen LogP contribution in [-0.4, -0.2) is 9.36 Å². The maximum absolute atomic E-state index is 13.5. The van der Waals surface area contributed by atoms with Crippen LogP contribution < -0.4 is 5.32 Å². The Balaban J connectivity index is 2.11. The molecule has 0 aliphatic rings. The monoisotopic (exact) mass is 265 g/mol. The molecule has 1 aromatic carbocycles. The van der Waals surface area contributed by atoms with Gasteiger partial charge in [0.05, 0.1) is 6.04 Å². The molecule has 5 heteroatoms. The van der Waals surface area contributed by atoms with Gasteiger partial charge in [0.1, 0.15) is 11.6 Å². The summed E-state index contributed by atoms with van der Waals surface area (Å²) >= 11 is 1.34. The second kappa shape index (κ2) is 5.44. The summed E-state index contributed by atoms with van der Waals surface area (Å²) in [6.07, 6.45) is 0.825. The van der Waals surface area contributed by atoms with Gasteiger partial charge in [-0.05, 0) is 31.0 Å². The highest BCUT2D eigenvalue weighted by molar-refractivity contribution is 7.09. The average molecular weight is 265 g/mol. The Kier molecular flexibility index (Phi) is 3.91. The zero-order valence-electron chi connectivity index (χ0n) is 10.7. The van der Waals surface area contributed by atoms with Gasteiger partial charge in [-0.25, -0.2) is 9.37 Å². The van der Waals surface area contributed by atoms with Crippen LogP contribution in [0.5, 0.6) is 0 Å². The maximum atomic E-state index is 13.5. The Bertz CT molecular complexity index is 539. The molecule has 2 aromatic rings. The van der Waals surface area contributed by atoms with Gasteiger partial charge in [-0.15, -0.1) is 0 Å². The van der Waals surface area contributed by atoms with Crippen LogP contribution in [0.1, 0.15) is 36.8 Å². The Labute approximate surface area is 110 Å². The molecule has 0 saturated heterocycles. The average Bonchev–Trinajstić information content (AvgIpc) is 2.80. The Hall–Kier alpha value is -1.49. The molecule has 0 amide bonds. The lowest BCUT2D eigenvalue weighted by atomic mass is 10.1. The molecule has 0 spiro atoms. The third-order valence-corrected chi connectivity index (χ3v) is 3.50. The zero-order valence-corrected chi connectivity index (χ0v) is 11.5. The standard InChI is InChI=1S/C13H16FN3S/c1-4-12-16-13(18-17-12)15-9(3)10-6-5-8(2)11(14)7-10/h5-7,9H,4H2,1-3H3,(H,15,16,17). The SMILES string of the molecule is CCc1nsc(NC(C)c2ccc(C)c(F)c2)n1. The lowest BCUT2D eigenvalue weighted by Gasteiger charge is -2.13. The number of benzene rings is 1. The molecular weight excluding hydrogens is 249 g/mol.